The molecule has 0 unspecified atom stereocenters. The number of carbonyl (C=O) groups is 2. The van der Waals surface area contributed by atoms with Gasteiger partial charge in [0.1, 0.15) is 11.8 Å². The first-order valence-corrected chi connectivity index (χ1v) is 13.6. The summed E-state index contributed by atoms with van der Waals surface area (Å²) in [5, 5.41) is 6.21. The van der Waals surface area contributed by atoms with Gasteiger partial charge in [0.05, 0.1) is 12.0 Å². The molecule has 0 bridgehead atoms. The predicted molar refractivity (Wildman–Crippen MR) is 138 cm³/mol. The van der Waals surface area contributed by atoms with E-state index in [0.29, 0.717) is 26.4 Å². The normalized spacial score (nSPS) is 23.7. The van der Waals surface area contributed by atoms with E-state index in [9.17, 15) is 9.59 Å². The summed E-state index contributed by atoms with van der Waals surface area (Å²) in [6.07, 6.45) is 6.02. The van der Waals surface area contributed by atoms with Crippen LogP contribution in [0.1, 0.15) is 71.3 Å². The fourth-order valence-corrected chi connectivity index (χ4v) is 5.11. The Morgan fingerprint density at radius 1 is 1.06 bits per heavy atom. The molecular weight excluding hydrogens is 442 g/mol. The average molecular weight is 488 g/mol. The van der Waals surface area contributed by atoms with Crippen LogP contribution in [-0.2, 0) is 20.9 Å². The maximum Gasteiger partial charge on any atom is 0.242 e. The summed E-state index contributed by atoms with van der Waals surface area (Å²) in [4.78, 5) is 29.1. The first-order chi connectivity index (χ1) is 17.0. The van der Waals surface area contributed by atoms with Crippen LogP contribution in [0.15, 0.2) is 24.3 Å². The minimum atomic E-state index is -0.491. The fraction of sp³-hybridized carbons (Fsp3) is 0.714. The molecule has 7 heteroatoms. The lowest BCUT2D eigenvalue weighted by Crippen LogP contribution is -2.56. The van der Waals surface area contributed by atoms with Gasteiger partial charge in [0.15, 0.2) is 0 Å². The van der Waals surface area contributed by atoms with Crippen molar-refractivity contribution in [2.75, 3.05) is 39.5 Å². The van der Waals surface area contributed by atoms with Crippen molar-refractivity contribution in [3.05, 3.63) is 29.8 Å². The summed E-state index contributed by atoms with van der Waals surface area (Å²) in [6.45, 7) is 11.3. The van der Waals surface area contributed by atoms with Gasteiger partial charge in [0.25, 0.3) is 0 Å². The number of piperidine rings is 1. The molecule has 2 aliphatic rings. The van der Waals surface area contributed by atoms with E-state index in [2.05, 4.69) is 34.6 Å². The van der Waals surface area contributed by atoms with Crippen molar-refractivity contribution >= 4 is 11.8 Å². The zero-order valence-electron chi connectivity index (χ0n) is 21.9. The summed E-state index contributed by atoms with van der Waals surface area (Å²) < 4.78 is 11.3. The number of amides is 2. The third-order valence-corrected chi connectivity index (χ3v) is 7.68. The molecular formula is C28H45N3O4. The van der Waals surface area contributed by atoms with E-state index in [0.717, 1.165) is 70.3 Å². The SMILES string of the molecule is CCOc1ccc(CN2CCC3(CCCCOCCCNC(=O)[C@H]([C@@H](C)CC)NC3=O)CC2)cc1. The maximum absolute atomic E-state index is 13.7. The van der Waals surface area contributed by atoms with E-state index in [-0.39, 0.29) is 17.7 Å². The third-order valence-electron chi connectivity index (χ3n) is 7.68. The largest absolute Gasteiger partial charge is 0.494 e. The van der Waals surface area contributed by atoms with E-state index in [1.165, 1.54) is 5.56 Å². The molecule has 2 N–H and O–H groups in total. The molecule has 2 saturated heterocycles. The molecule has 196 valence electrons. The van der Waals surface area contributed by atoms with Crippen LogP contribution in [0.25, 0.3) is 0 Å². The van der Waals surface area contributed by atoms with Crippen LogP contribution in [0.5, 0.6) is 5.75 Å². The molecule has 1 aromatic carbocycles. The number of nitrogens with zero attached hydrogens (tertiary/aromatic N) is 1. The number of hydrogen-bond donors (Lipinski definition) is 2. The first kappa shape index (κ1) is 27.5. The quantitative estimate of drug-likeness (QED) is 0.636. The zero-order chi connectivity index (χ0) is 25.1. The van der Waals surface area contributed by atoms with Gasteiger partial charge in [-0.05, 0) is 75.7 Å². The van der Waals surface area contributed by atoms with Gasteiger partial charge in [-0.2, -0.15) is 0 Å². The second-order valence-electron chi connectivity index (χ2n) is 10.2. The van der Waals surface area contributed by atoms with Crippen LogP contribution in [0.4, 0.5) is 0 Å². The first-order valence-electron chi connectivity index (χ1n) is 13.6. The number of ether oxygens (including phenoxy) is 2. The number of likely N-dealkylation sites (tertiary alicyclic amines) is 1. The van der Waals surface area contributed by atoms with Crippen molar-refractivity contribution in [2.45, 2.75) is 78.3 Å². The lowest BCUT2D eigenvalue weighted by Gasteiger charge is -2.42. The van der Waals surface area contributed by atoms with E-state index in [1.807, 2.05) is 26.0 Å². The van der Waals surface area contributed by atoms with Crippen LogP contribution >= 0.6 is 0 Å². The van der Waals surface area contributed by atoms with E-state index < -0.39 is 11.5 Å². The molecule has 3 rings (SSSR count). The molecule has 2 aliphatic heterocycles. The van der Waals surface area contributed by atoms with Gasteiger partial charge < -0.3 is 20.1 Å². The smallest absolute Gasteiger partial charge is 0.242 e. The molecule has 0 radical (unpaired) electrons. The Balaban J connectivity index is 1.67. The summed E-state index contributed by atoms with van der Waals surface area (Å²) in [5.41, 5.74) is 0.830. The third kappa shape index (κ3) is 7.94. The molecule has 1 aromatic rings. The molecule has 2 atom stereocenters. The molecule has 0 saturated carbocycles. The van der Waals surface area contributed by atoms with Crippen molar-refractivity contribution in [1.29, 1.82) is 0 Å². The number of carbonyl (C=O) groups excluding carboxylic acids is 2. The second kappa shape index (κ2) is 13.8. The zero-order valence-corrected chi connectivity index (χ0v) is 21.9. The molecule has 2 heterocycles. The Morgan fingerprint density at radius 3 is 2.46 bits per heavy atom. The molecule has 1 spiro atoms. The van der Waals surface area contributed by atoms with Crippen molar-refractivity contribution < 1.29 is 19.1 Å². The van der Waals surface area contributed by atoms with Gasteiger partial charge in [-0.25, -0.2) is 0 Å². The Bertz CT molecular complexity index is 790. The van der Waals surface area contributed by atoms with E-state index >= 15 is 0 Å². The molecule has 2 amide bonds. The maximum atomic E-state index is 13.7. The summed E-state index contributed by atoms with van der Waals surface area (Å²) in [6, 6.07) is 7.81. The highest BCUT2D eigenvalue weighted by molar-refractivity contribution is 5.90. The summed E-state index contributed by atoms with van der Waals surface area (Å²) >= 11 is 0. The van der Waals surface area contributed by atoms with Crippen LogP contribution in [0.3, 0.4) is 0 Å². The van der Waals surface area contributed by atoms with Gasteiger partial charge in [0.2, 0.25) is 11.8 Å². The Kier molecular flexibility index (Phi) is 10.9. The number of nitrogens with one attached hydrogen (secondary N) is 2. The Labute approximate surface area is 211 Å². The summed E-state index contributed by atoms with van der Waals surface area (Å²) in [5.74, 6) is 0.957. The van der Waals surface area contributed by atoms with Crippen molar-refractivity contribution in [3.8, 4) is 5.75 Å². The predicted octanol–water partition coefficient (Wildman–Crippen LogP) is 3.91. The van der Waals surface area contributed by atoms with Crippen LogP contribution in [0.2, 0.25) is 0 Å². The minimum absolute atomic E-state index is 0.0524. The lowest BCUT2D eigenvalue weighted by atomic mass is 9.73. The lowest BCUT2D eigenvalue weighted by molar-refractivity contribution is -0.139. The highest BCUT2D eigenvalue weighted by Gasteiger charge is 2.42. The Morgan fingerprint density at radius 2 is 1.77 bits per heavy atom. The van der Waals surface area contributed by atoms with Gasteiger partial charge in [-0.1, -0.05) is 38.8 Å². The Hall–Kier alpha value is -2.12. The number of benzene rings is 1. The average Bonchev–Trinajstić information content (AvgIpc) is 2.87. The van der Waals surface area contributed by atoms with Crippen LogP contribution in [0, 0.1) is 11.3 Å². The van der Waals surface area contributed by atoms with E-state index in [1.54, 1.807) is 0 Å². The van der Waals surface area contributed by atoms with Crippen molar-refractivity contribution in [2.24, 2.45) is 11.3 Å². The number of hydrogen-bond acceptors (Lipinski definition) is 5. The van der Waals surface area contributed by atoms with Gasteiger partial charge >= 0.3 is 0 Å². The monoisotopic (exact) mass is 487 g/mol. The highest BCUT2D eigenvalue weighted by Crippen LogP contribution is 2.38. The fourth-order valence-electron chi connectivity index (χ4n) is 5.11. The molecule has 0 aliphatic carbocycles. The topological polar surface area (TPSA) is 79.9 Å². The number of rotatable bonds is 6. The van der Waals surface area contributed by atoms with Gasteiger partial charge in [-0.3, -0.25) is 14.5 Å². The van der Waals surface area contributed by atoms with Crippen molar-refractivity contribution in [3.63, 3.8) is 0 Å². The van der Waals surface area contributed by atoms with Gasteiger partial charge in [0, 0.05) is 26.3 Å². The molecule has 0 aromatic heterocycles. The summed E-state index contributed by atoms with van der Waals surface area (Å²) in [7, 11) is 0. The van der Waals surface area contributed by atoms with Crippen molar-refractivity contribution in [1.82, 2.24) is 15.5 Å². The van der Waals surface area contributed by atoms with Crippen LogP contribution in [-0.4, -0.2) is 62.2 Å². The second-order valence-corrected chi connectivity index (χ2v) is 10.2. The standard InChI is InChI=1S/C28H45N3O4/c1-4-22(3)25-26(32)29-16-8-20-34-19-7-6-13-28(27(33)30-25)14-17-31(18-15-28)21-23-9-11-24(12-10-23)35-5-2/h9-12,22,25H,4-8,13-21H2,1-3H3,(H,29,32)(H,30,33)/t22-,25-/m0/s1. The minimum Gasteiger partial charge on any atom is -0.494 e. The van der Waals surface area contributed by atoms with Crippen LogP contribution < -0.4 is 15.4 Å². The molecule has 2 fully saturated rings. The molecule has 7 nitrogen and oxygen atoms in total. The highest BCUT2D eigenvalue weighted by atomic mass is 16.5. The molecule has 35 heavy (non-hydrogen) atoms. The van der Waals surface area contributed by atoms with Gasteiger partial charge in [-0.15, -0.1) is 0 Å². The van der Waals surface area contributed by atoms with E-state index in [4.69, 9.17) is 9.47 Å².